The monoisotopic (exact) mass is 244 g/mol. The second-order valence-electron chi connectivity index (χ2n) is 6.07. The highest BCUT2D eigenvalue weighted by Crippen LogP contribution is 2.24. The molecule has 0 spiro atoms. The summed E-state index contributed by atoms with van der Waals surface area (Å²) in [6.07, 6.45) is 0.797. The Balaban J connectivity index is 2.29. The molecule has 0 saturated heterocycles. The van der Waals surface area contributed by atoms with Gasteiger partial charge in [-0.05, 0) is 24.8 Å². The molecule has 0 fully saturated rings. The number of aromatic nitrogens is 2. The van der Waals surface area contributed by atoms with Crippen molar-refractivity contribution in [3.63, 3.8) is 0 Å². The predicted molar refractivity (Wildman–Crippen MR) is 72.4 cm³/mol. The lowest BCUT2D eigenvalue weighted by Crippen LogP contribution is -2.09. The van der Waals surface area contributed by atoms with Crippen LogP contribution in [-0.2, 0) is 6.42 Å². The van der Waals surface area contributed by atoms with Gasteiger partial charge >= 0.3 is 0 Å². The fraction of sp³-hybridized carbons (Fsp3) is 0.467. The van der Waals surface area contributed by atoms with Gasteiger partial charge < -0.3 is 4.52 Å². The molecule has 1 heterocycles. The molecule has 1 aromatic carbocycles. The molecule has 0 bridgehead atoms. The lowest BCUT2D eigenvalue weighted by atomic mass is 9.92. The highest BCUT2D eigenvalue weighted by Gasteiger charge is 2.17. The Morgan fingerprint density at radius 2 is 1.89 bits per heavy atom. The van der Waals surface area contributed by atoms with Crippen LogP contribution in [0.4, 0.5) is 0 Å². The zero-order valence-corrected chi connectivity index (χ0v) is 11.7. The van der Waals surface area contributed by atoms with Gasteiger partial charge in [0.2, 0.25) is 11.7 Å². The number of hydrogen-bond acceptors (Lipinski definition) is 3. The zero-order valence-electron chi connectivity index (χ0n) is 11.7. The standard InChI is InChI=1S/C15H20N2O/c1-10-6-7-12(11(2)8-10)14-16-13(18-17-14)9-15(3,4)5/h6-8H,9H2,1-5H3. The van der Waals surface area contributed by atoms with Crippen molar-refractivity contribution in [2.45, 2.75) is 41.0 Å². The molecule has 18 heavy (non-hydrogen) atoms. The minimum absolute atomic E-state index is 0.159. The van der Waals surface area contributed by atoms with Gasteiger partial charge in [-0.15, -0.1) is 0 Å². The molecule has 0 atom stereocenters. The number of benzene rings is 1. The lowest BCUT2D eigenvalue weighted by Gasteiger charge is -2.13. The first-order valence-corrected chi connectivity index (χ1v) is 6.25. The third-order valence-electron chi connectivity index (χ3n) is 2.77. The van der Waals surface area contributed by atoms with E-state index >= 15 is 0 Å². The molecule has 0 aliphatic carbocycles. The van der Waals surface area contributed by atoms with E-state index in [-0.39, 0.29) is 5.41 Å². The van der Waals surface area contributed by atoms with Crippen LogP contribution in [0.2, 0.25) is 0 Å². The first-order chi connectivity index (χ1) is 8.35. The molecular formula is C15H20N2O. The van der Waals surface area contributed by atoms with Crippen molar-refractivity contribution in [1.82, 2.24) is 10.1 Å². The normalized spacial score (nSPS) is 11.8. The third-order valence-corrected chi connectivity index (χ3v) is 2.77. The minimum Gasteiger partial charge on any atom is -0.339 e. The fourth-order valence-corrected chi connectivity index (χ4v) is 1.95. The van der Waals surface area contributed by atoms with Gasteiger partial charge in [-0.3, -0.25) is 0 Å². The van der Waals surface area contributed by atoms with Gasteiger partial charge in [0.25, 0.3) is 0 Å². The Morgan fingerprint density at radius 1 is 1.17 bits per heavy atom. The van der Waals surface area contributed by atoms with Crippen molar-refractivity contribution in [2.75, 3.05) is 0 Å². The minimum atomic E-state index is 0.159. The smallest absolute Gasteiger partial charge is 0.227 e. The van der Waals surface area contributed by atoms with Crippen molar-refractivity contribution in [3.8, 4) is 11.4 Å². The maximum absolute atomic E-state index is 5.32. The second kappa shape index (κ2) is 4.56. The molecule has 2 rings (SSSR count). The van der Waals surface area contributed by atoms with Gasteiger partial charge in [-0.2, -0.15) is 4.98 Å². The van der Waals surface area contributed by atoms with Crippen LogP contribution in [0.5, 0.6) is 0 Å². The molecule has 0 amide bonds. The highest BCUT2D eigenvalue weighted by molar-refractivity contribution is 5.59. The van der Waals surface area contributed by atoms with E-state index in [4.69, 9.17) is 4.52 Å². The molecule has 3 nitrogen and oxygen atoms in total. The Labute approximate surface area is 108 Å². The van der Waals surface area contributed by atoms with Crippen LogP contribution in [0.15, 0.2) is 22.7 Å². The van der Waals surface area contributed by atoms with Gasteiger partial charge in [0.05, 0.1) is 0 Å². The molecule has 3 heteroatoms. The molecular weight excluding hydrogens is 224 g/mol. The van der Waals surface area contributed by atoms with Crippen LogP contribution in [0.3, 0.4) is 0 Å². The van der Waals surface area contributed by atoms with E-state index in [2.05, 4.69) is 63.0 Å². The van der Waals surface area contributed by atoms with Gasteiger partial charge in [0, 0.05) is 12.0 Å². The van der Waals surface area contributed by atoms with Crippen molar-refractivity contribution in [2.24, 2.45) is 5.41 Å². The Morgan fingerprint density at radius 3 is 2.50 bits per heavy atom. The summed E-state index contributed by atoms with van der Waals surface area (Å²) >= 11 is 0. The van der Waals surface area contributed by atoms with Gasteiger partial charge in [-0.1, -0.05) is 49.7 Å². The fourth-order valence-electron chi connectivity index (χ4n) is 1.95. The summed E-state index contributed by atoms with van der Waals surface area (Å²) in [5.41, 5.74) is 3.63. The molecule has 0 radical (unpaired) electrons. The second-order valence-corrected chi connectivity index (χ2v) is 6.07. The Kier molecular flexibility index (Phi) is 3.24. The summed E-state index contributed by atoms with van der Waals surface area (Å²) in [6.45, 7) is 10.6. The largest absolute Gasteiger partial charge is 0.339 e. The van der Waals surface area contributed by atoms with Crippen LogP contribution in [0, 0.1) is 19.3 Å². The number of hydrogen-bond donors (Lipinski definition) is 0. The summed E-state index contributed by atoms with van der Waals surface area (Å²) in [7, 11) is 0. The van der Waals surface area contributed by atoms with E-state index in [1.54, 1.807) is 0 Å². The van der Waals surface area contributed by atoms with Crippen molar-refractivity contribution in [1.29, 1.82) is 0 Å². The van der Waals surface area contributed by atoms with Gasteiger partial charge in [0.15, 0.2) is 0 Å². The van der Waals surface area contributed by atoms with Crippen LogP contribution in [0.1, 0.15) is 37.8 Å². The predicted octanol–water partition coefficient (Wildman–Crippen LogP) is 3.94. The van der Waals surface area contributed by atoms with Crippen LogP contribution in [-0.4, -0.2) is 10.1 Å². The number of aryl methyl sites for hydroxylation is 2. The lowest BCUT2D eigenvalue weighted by molar-refractivity contribution is 0.314. The molecule has 0 unspecified atom stereocenters. The molecule has 0 aliphatic heterocycles. The Hall–Kier alpha value is -1.64. The third kappa shape index (κ3) is 2.97. The van der Waals surface area contributed by atoms with Crippen molar-refractivity contribution in [3.05, 3.63) is 35.2 Å². The van der Waals surface area contributed by atoms with E-state index in [9.17, 15) is 0 Å². The molecule has 0 saturated carbocycles. The molecule has 0 aliphatic rings. The van der Waals surface area contributed by atoms with Crippen LogP contribution in [0.25, 0.3) is 11.4 Å². The van der Waals surface area contributed by atoms with E-state index in [0.29, 0.717) is 11.7 Å². The highest BCUT2D eigenvalue weighted by atomic mass is 16.5. The SMILES string of the molecule is Cc1ccc(-c2noc(CC(C)(C)C)n2)c(C)c1. The average Bonchev–Trinajstić information content (AvgIpc) is 2.63. The van der Waals surface area contributed by atoms with E-state index in [0.717, 1.165) is 12.0 Å². The average molecular weight is 244 g/mol. The summed E-state index contributed by atoms with van der Waals surface area (Å²) in [5.74, 6) is 1.39. The quantitative estimate of drug-likeness (QED) is 0.803. The zero-order chi connectivity index (χ0) is 13.3. The summed E-state index contributed by atoms with van der Waals surface area (Å²) in [4.78, 5) is 4.48. The van der Waals surface area contributed by atoms with E-state index < -0.39 is 0 Å². The maximum atomic E-state index is 5.32. The molecule has 96 valence electrons. The summed E-state index contributed by atoms with van der Waals surface area (Å²) < 4.78 is 5.32. The molecule has 0 N–H and O–H groups in total. The van der Waals surface area contributed by atoms with Crippen molar-refractivity contribution >= 4 is 0 Å². The van der Waals surface area contributed by atoms with Crippen LogP contribution < -0.4 is 0 Å². The Bertz CT molecular complexity index is 550. The van der Waals surface area contributed by atoms with Crippen molar-refractivity contribution < 1.29 is 4.52 Å². The van der Waals surface area contributed by atoms with Gasteiger partial charge in [0.1, 0.15) is 0 Å². The first kappa shape index (κ1) is 12.8. The maximum Gasteiger partial charge on any atom is 0.227 e. The summed E-state index contributed by atoms with van der Waals surface area (Å²) in [5, 5.41) is 4.07. The summed E-state index contributed by atoms with van der Waals surface area (Å²) in [6, 6.07) is 6.26. The molecule has 2 aromatic rings. The van der Waals surface area contributed by atoms with E-state index in [1.165, 1.54) is 11.1 Å². The van der Waals surface area contributed by atoms with Gasteiger partial charge in [-0.25, -0.2) is 0 Å². The first-order valence-electron chi connectivity index (χ1n) is 6.25. The number of nitrogens with zero attached hydrogens (tertiary/aromatic N) is 2. The van der Waals surface area contributed by atoms with Crippen LogP contribution >= 0.6 is 0 Å². The number of rotatable bonds is 2. The molecule has 1 aromatic heterocycles. The topological polar surface area (TPSA) is 38.9 Å². The van der Waals surface area contributed by atoms with E-state index in [1.807, 2.05) is 0 Å².